The van der Waals surface area contributed by atoms with E-state index in [1.165, 1.54) is 24.8 Å². The van der Waals surface area contributed by atoms with Crippen molar-refractivity contribution in [3.8, 4) is 0 Å². The van der Waals surface area contributed by atoms with Crippen molar-refractivity contribution in [3.05, 3.63) is 77.4 Å². The number of carbonyl (C=O) groups excluding carboxylic acids is 1. The zero-order chi connectivity index (χ0) is 20.2. The highest BCUT2D eigenvalue weighted by Crippen LogP contribution is 2.26. The third kappa shape index (κ3) is 6.97. The maximum absolute atomic E-state index is 12.1. The summed E-state index contributed by atoms with van der Waals surface area (Å²) in [7, 11) is 0. The van der Waals surface area contributed by atoms with Crippen molar-refractivity contribution in [1.82, 2.24) is 0 Å². The summed E-state index contributed by atoms with van der Waals surface area (Å²) in [6.45, 7) is 4.38. The minimum atomic E-state index is -0.528. The van der Waals surface area contributed by atoms with Crippen LogP contribution in [0.2, 0.25) is 0 Å². The van der Waals surface area contributed by atoms with Crippen LogP contribution in [0.5, 0.6) is 0 Å². The normalized spacial score (nSPS) is 12.6. The van der Waals surface area contributed by atoms with E-state index in [0.29, 0.717) is 18.6 Å². The SMILES string of the molecule is CCCCCC/C(=C/CC(O)c1ccccc1)c1cccc(C(=O)OCC)c1. The van der Waals surface area contributed by atoms with E-state index in [1.54, 1.807) is 6.07 Å². The molecular weight excluding hydrogens is 348 g/mol. The molecule has 0 saturated heterocycles. The van der Waals surface area contributed by atoms with E-state index < -0.39 is 6.10 Å². The van der Waals surface area contributed by atoms with Crippen LogP contribution >= 0.6 is 0 Å². The molecule has 2 aromatic carbocycles. The van der Waals surface area contributed by atoms with E-state index in [4.69, 9.17) is 4.74 Å². The van der Waals surface area contributed by atoms with Crippen LogP contribution in [0.15, 0.2) is 60.7 Å². The zero-order valence-electron chi connectivity index (χ0n) is 17.1. The molecule has 0 saturated carbocycles. The molecule has 0 aliphatic carbocycles. The number of rotatable bonds is 11. The molecule has 1 atom stereocenters. The van der Waals surface area contributed by atoms with Gasteiger partial charge in [0.05, 0.1) is 18.3 Å². The molecule has 0 bridgehead atoms. The summed E-state index contributed by atoms with van der Waals surface area (Å²) < 4.78 is 5.13. The van der Waals surface area contributed by atoms with Crippen molar-refractivity contribution in [2.45, 2.75) is 58.5 Å². The first-order valence-electron chi connectivity index (χ1n) is 10.3. The molecule has 0 radical (unpaired) electrons. The number of hydrogen-bond acceptors (Lipinski definition) is 3. The lowest BCUT2D eigenvalue weighted by molar-refractivity contribution is 0.0526. The number of benzene rings is 2. The van der Waals surface area contributed by atoms with Crippen molar-refractivity contribution in [1.29, 1.82) is 0 Å². The summed E-state index contributed by atoms with van der Waals surface area (Å²) in [6.07, 6.45) is 7.79. The van der Waals surface area contributed by atoms with Crippen LogP contribution in [-0.4, -0.2) is 17.7 Å². The summed E-state index contributed by atoms with van der Waals surface area (Å²) in [4.78, 5) is 12.1. The second-order valence-electron chi connectivity index (χ2n) is 7.00. The Hall–Kier alpha value is -2.39. The van der Waals surface area contributed by atoms with Crippen LogP contribution in [0, 0.1) is 0 Å². The Kier molecular flexibility index (Phi) is 9.50. The molecule has 150 valence electrons. The third-order valence-corrected chi connectivity index (χ3v) is 4.82. The van der Waals surface area contributed by atoms with Crippen LogP contribution < -0.4 is 0 Å². The summed E-state index contributed by atoms with van der Waals surface area (Å²) in [6, 6.07) is 17.3. The second kappa shape index (κ2) is 12.1. The fraction of sp³-hybridized carbons (Fsp3) is 0.400. The highest BCUT2D eigenvalue weighted by Gasteiger charge is 2.11. The molecule has 3 nitrogen and oxygen atoms in total. The van der Waals surface area contributed by atoms with Gasteiger partial charge in [0.15, 0.2) is 0 Å². The Labute approximate surface area is 169 Å². The van der Waals surface area contributed by atoms with Gasteiger partial charge in [0, 0.05) is 0 Å². The van der Waals surface area contributed by atoms with Gasteiger partial charge in [0.1, 0.15) is 0 Å². The average molecular weight is 381 g/mol. The minimum Gasteiger partial charge on any atom is -0.462 e. The smallest absolute Gasteiger partial charge is 0.338 e. The van der Waals surface area contributed by atoms with Crippen molar-refractivity contribution >= 4 is 11.5 Å². The van der Waals surface area contributed by atoms with Gasteiger partial charge in [-0.15, -0.1) is 0 Å². The molecule has 0 aromatic heterocycles. The Morgan fingerprint density at radius 1 is 1.00 bits per heavy atom. The molecule has 3 heteroatoms. The molecule has 1 N–H and O–H groups in total. The summed E-state index contributed by atoms with van der Waals surface area (Å²) in [5.41, 5.74) is 3.70. The Bertz CT molecular complexity index is 749. The third-order valence-electron chi connectivity index (χ3n) is 4.82. The fourth-order valence-corrected chi connectivity index (χ4v) is 3.23. The fourth-order valence-electron chi connectivity index (χ4n) is 3.23. The summed E-state index contributed by atoms with van der Waals surface area (Å²) >= 11 is 0. The maximum Gasteiger partial charge on any atom is 0.338 e. The van der Waals surface area contributed by atoms with Crippen LogP contribution in [0.1, 0.15) is 80.0 Å². The molecule has 28 heavy (non-hydrogen) atoms. The lowest BCUT2D eigenvalue weighted by atomic mass is 9.95. The molecule has 0 spiro atoms. The van der Waals surface area contributed by atoms with Crippen molar-refractivity contribution in [2.24, 2.45) is 0 Å². The number of aliphatic hydroxyl groups excluding tert-OH is 1. The van der Waals surface area contributed by atoms with E-state index in [-0.39, 0.29) is 5.97 Å². The number of allylic oxidation sites excluding steroid dienone is 1. The van der Waals surface area contributed by atoms with Gasteiger partial charge in [-0.25, -0.2) is 4.79 Å². The van der Waals surface area contributed by atoms with E-state index >= 15 is 0 Å². The minimum absolute atomic E-state index is 0.293. The molecular formula is C25H32O3. The van der Waals surface area contributed by atoms with Crippen molar-refractivity contribution in [3.63, 3.8) is 0 Å². The monoisotopic (exact) mass is 380 g/mol. The Balaban J connectivity index is 2.18. The number of hydrogen-bond donors (Lipinski definition) is 1. The molecule has 0 fully saturated rings. The highest BCUT2D eigenvalue weighted by atomic mass is 16.5. The first-order chi connectivity index (χ1) is 13.7. The number of aliphatic hydroxyl groups is 1. The number of carbonyl (C=O) groups is 1. The van der Waals surface area contributed by atoms with Crippen LogP contribution in [0.4, 0.5) is 0 Å². The largest absolute Gasteiger partial charge is 0.462 e. The molecule has 0 heterocycles. The number of esters is 1. The van der Waals surface area contributed by atoms with E-state index in [1.807, 2.05) is 55.5 Å². The van der Waals surface area contributed by atoms with Gasteiger partial charge in [-0.3, -0.25) is 0 Å². The van der Waals surface area contributed by atoms with Gasteiger partial charge < -0.3 is 9.84 Å². The predicted octanol–water partition coefficient (Wildman–Crippen LogP) is 6.34. The highest BCUT2D eigenvalue weighted by molar-refractivity contribution is 5.90. The standard InChI is InChI=1S/C25H32O3/c1-3-5-6-8-12-20(17-18-24(26)21-13-9-7-10-14-21)22-15-11-16-23(19-22)25(27)28-4-2/h7,9-11,13-17,19,24,26H,3-6,8,12,18H2,1-2H3/b20-17-. The lowest BCUT2D eigenvalue weighted by Gasteiger charge is -2.13. The van der Waals surface area contributed by atoms with E-state index in [9.17, 15) is 9.90 Å². The predicted molar refractivity (Wildman–Crippen MR) is 115 cm³/mol. The number of ether oxygens (including phenoxy) is 1. The number of unbranched alkanes of at least 4 members (excludes halogenated alkanes) is 3. The topological polar surface area (TPSA) is 46.5 Å². The van der Waals surface area contributed by atoms with Gasteiger partial charge in [-0.1, -0.05) is 74.7 Å². The lowest BCUT2D eigenvalue weighted by Crippen LogP contribution is -2.05. The van der Waals surface area contributed by atoms with Gasteiger partial charge in [0.2, 0.25) is 0 Å². The molecule has 2 rings (SSSR count). The van der Waals surface area contributed by atoms with Crippen LogP contribution in [-0.2, 0) is 4.74 Å². The molecule has 0 amide bonds. The second-order valence-corrected chi connectivity index (χ2v) is 7.00. The van der Waals surface area contributed by atoms with E-state index in [0.717, 1.165) is 24.0 Å². The van der Waals surface area contributed by atoms with Crippen LogP contribution in [0.3, 0.4) is 0 Å². The summed E-state index contributed by atoms with van der Waals surface area (Å²) in [5.74, 6) is -0.293. The van der Waals surface area contributed by atoms with Crippen molar-refractivity contribution < 1.29 is 14.6 Å². The van der Waals surface area contributed by atoms with E-state index in [2.05, 4.69) is 13.0 Å². The van der Waals surface area contributed by atoms with Gasteiger partial charge in [0.25, 0.3) is 0 Å². The van der Waals surface area contributed by atoms with Gasteiger partial charge in [-0.2, -0.15) is 0 Å². The summed E-state index contributed by atoms with van der Waals surface area (Å²) in [5, 5.41) is 10.5. The molecule has 0 aliphatic rings. The first kappa shape index (κ1) is 21.9. The Morgan fingerprint density at radius 2 is 1.75 bits per heavy atom. The zero-order valence-corrected chi connectivity index (χ0v) is 17.1. The van der Waals surface area contributed by atoms with Crippen molar-refractivity contribution in [2.75, 3.05) is 6.61 Å². The Morgan fingerprint density at radius 3 is 2.46 bits per heavy atom. The average Bonchev–Trinajstić information content (AvgIpc) is 2.74. The molecule has 1 unspecified atom stereocenters. The quantitative estimate of drug-likeness (QED) is 0.365. The maximum atomic E-state index is 12.1. The first-order valence-corrected chi connectivity index (χ1v) is 10.3. The molecule has 2 aromatic rings. The van der Waals surface area contributed by atoms with Gasteiger partial charge in [-0.05, 0) is 55.0 Å². The molecule has 0 aliphatic heterocycles. The van der Waals surface area contributed by atoms with Gasteiger partial charge >= 0.3 is 5.97 Å². The van der Waals surface area contributed by atoms with Crippen LogP contribution in [0.25, 0.3) is 5.57 Å².